The average Bonchev–Trinajstić information content (AvgIpc) is 2.67. The van der Waals surface area contributed by atoms with E-state index < -0.39 is 10.8 Å². The van der Waals surface area contributed by atoms with E-state index in [0.29, 0.717) is 29.7 Å². The van der Waals surface area contributed by atoms with Gasteiger partial charge in [0.15, 0.2) is 11.5 Å². The van der Waals surface area contributed by atoms with Gasteiger partial charge in [0, 0.05) is 23.9 Å². The lowest BCUT2D eigenvalue weighted by molar-refractivity contribution is -0.384. The third-order valence-corrected chi connectivity index (χ3v) is 3.89. The molecule has 0 aromatic heterocycles. The number of carbonyl (C=O) groups excluding carboxylic acids is 1. The predicted octanol–water partition coefficient (Wildman–Crippen LogP) is 4.68. The summed E-state index contributed by atoms with van der Waals surface area (Å²) < 4.78 is 11.1. The molecule has 7 nitrogen and oxygen atoms in total. The second-order valence-corrected chi connectivity index (χ2v) is 6.57. The normalized spacial score (nSPS) is 10.9. The van der Waals surface area contributed by atoms with E-state index in [0.717, 1.165) is 12.0 Å². The molecular formula is C21H24N2O5. The molecule has 0 spiro atoms. The molecule has 7 heteroatoms. The Labute approximate surface area is 164 Å². The van der Waals surface area contributed by atoms with Crippen molar-refractivity contribution in [3.8, 4) is 11.5 Å². The predicted molar refractivity (Wildman–Crippen MR) is 109 cm³/mol. The molecule has 0 aliphatic rings. The third-order valence-electron chi connectivity index (χ3n) is 3.89. The Kier molecular flexibility index (Phi) is 7.56. The van der Waals surface area contributed by atoms with Gasteiger partial charge in [-0.1, -0.05) is 26.0 Å². The first-order valence-corrected chi connectivity index (χ1v) is 8.93. The first kappa shape index (κ1) is 21.0. The van der Waals surface area contributed by atoms with Crippen molar-refractivity contribution in [2.24, 2.45) is 5.92 Å². The molecule has 1 amide bonds. The topological polar surface area (TPSA) is 90.7 Å². The third kappa shape index (κ3) is 6.42. The van der Waals surface area contributed by atoms with Crippen LogP contribution in [0.3, 0.4) is 0 Å². The second kappa shape index (κ2) is 10.1. The quantitative estimate of drug-likeness (QED) is 0.385. The Hall–Kier alpha value is -3.35. The number of hydrogen-bond acceptors (Lipinski definition) is 5. The van der Waals surface area contributed by atoms with Crippen LogP contribution in [-0.2, 0) is 4.79 Å². The van der Waals surface area contributed by atoms with Crippen molar-refractivity contribution in [2.75, 3.05) is 19.0 Å². The fourth-order valence-electron chi connectivity index (χ4n) is 2.36. The number of rotatable bonds is 9. The number of nitro groups is 1. The van der Waals surface area contributed by atoms with Crippen molar-refractivity contribution in [3.05, 3.63) is 64.2 Å². The number of carbonyl (C=O) groups is 1. The molecule has 1 N–H and O–H groups in total. The Morgan fingerprint density at radius 1 is 1.21 bits per heavy atom. The number of non-ortho nitro benzene ring substituents is 1. The van der Waals surface area contributed by atoms with Crippen LogP contribution in [0.4, 0.5) is 11.4 Å². The van der Waals surface area contributed by atoms with Crippen LogP contribution in [0.15, 0.2) is 48.5 Å². The van der Waals surface area contributed by atoms with Gasteiger partial charge < -0.3 is 14.8 Å². The molecule has 0 bridgehead atoms. The maximum atomic E-state index is 12.1. The summed E-state index contributed by atoms with van der Waals surface area (Å²) in [6.07, 6.45) is 3.93. The van der Waals surface area contributed by atoms with Gasteiger partial charge in [-0.25, -0.2) is 0 Å². The zero-order valence-electron chi connectivity index (χ0n) is 16.2. The summed E-state index contributed by atoms with van der Waals surface area (Å²) in [4.78, 5) is 22.4. The first-order chi connectivity index (χ1) is 13.4. The summed E-state index contributed by atoms with van der Waals surface area (Å²) in [5.41, 5.74) is 1.04. The van der Waals surface area contributed by atoms with Crippen LogP contribution >= 0.6 is 0 Å². The summed E-state index contributed by atoms with van der Waals surface area (Å²) in [5.74, 6) is 1.40. The number of hydrogen-bond donors (Lipinski definition) is 1. The summed E-state index contributed by atoms with van der Waals surface area (Å²) in [6, 6.07) is 11.2. The lowest BCUT2D eigenvalue weighted by Crippen LogP contribution is -2.07. The van der Waals surface area contributed by atoms with Gasteiger partial charge in [-0.3, -0.25) is 14.9 Å². The molecule has 2 rings (SSSR count). The highest BCUT2D eigenvalue weighted by molar-refractivity contribution is 6.02. The minimum absolute atomic E-state index is 0.0837. The molecule has 0 aliphatic heterocycles. The fraction of sp³-hybridized carbons (Fsp3) is 0.286. The van der Waals surface area contributed by atoms with Gasteiger partial charge in [0.2, 0.25) is 5.91 Å². The molecule has 0 saturated heterocycles. The summed E-state index contributed by atoms with van der Waals surface area (Å²) in [7, 11) is 1.56. The van der Waals surface area contributed by atoms with Gasteiger partial charge in [0.25, 0.3) is 5.69 Å². The number of nitrogens with zero attached hydrogens (tertiary/aromatic N) is 1. The van der Waals surface area contributed by atoms with E-state index in [1.54, 1.807) is 31.4 Å². The zero-order valence-corrected chi connectivity index (χ0v) is 16.2. The van der Waals surface area contributed by atoms with Crippen LogP contribution in [0.5, 0.6) is 11.5 Å². The minimum Gasteiger partial charge on any atom is -0.493 e. The highest BCUT2D eigenvalue weighted by atomic mass is 16.6. The summed E-state index contributed by atoms with van der Waals surface area (Å²) >= 11 is 0. The number of methoxy groups -OCH3 is 1. The highest BCUT2D eigenvalue weighted by Gasteiger charge is 2.08. The van der Waals surface area contributed by atoms with Crippen molar-refractivity contribution in [1.29, 1.82) is 0 Å². The van der Waals surface area contributed by atoms with E-state index in [2.05, 4.69) is 19.2 Å². The standard InChI is InChI=1S/C21H24N2O5/c1-15(2)11-12-28-19-9-7-16(13-20(19)27-3)8-10-21(24)22-17-5-4-6-18(14-17)23(25)26/h4-10,13-15H,11-12H2,1-3H3,(H,22,24)/b10-8+. The lowest BCUT2D eigenvalue weighted by atomic mass is 10.1. The number of nitro benzene ring substituents is 1. The molecule has 0 atom stereocenters. The number of anilines is 1. The van der Waals surface area contributed by atoms with E-state index >= 15 is 0 Å². The van der Waals surface area contributed by atoms with Gasteiger partial charge in [0.1, 0.15) is 0 Å². The number of benzene rings is 2. The van der Waals surface area contributed by atoms with Crippen LogP contribution < -0.4 is 14.8 Å². The van der Waals surface area contributed by atoms with E-state index in [9.17, 15) is 14.9 Å². The monoisotopic (exact) mass is 384 g/mol. The lowest BCUT2D eigenvalue weighted by Gasteiger charge is -2.12. The zero-order chi connectivity index (χ0) is 20.5. The molecule has 0 fully saturated rings. The SMILES string of the molecule is COc1cc(/C=C/C(=O)Nc2cccc([N+](=O)[O-])c2)ccc1OCCC(C)C. The Balaban J connectivity index is 2.01. The van der Waals surface area contributed by atoms with Crippen LogP contribution in [0.1, 0.15) is 25.8 Å². The summed E-state index contributed by atoms with van der Waals surface area (Å²) in [5, 5.41) is 13.4. The Bertz CT molecular complexity index is 862. The molecule has 0 unspecified atom stereocenters. The molecular weight excluding hydrogens is 360 g/mol. The molecule has 2 aromatic rings. The van der Waals surface area contributed by atoms with E-state index in [4.69, 9.17) is 9.47 Å². The van der Waals surface area contributed by atoms with E-state index in [1.165, 1.54) is 24.3 Å². The summed E-state index contributed by atoms with van der Waals surface area (Å²) in [6.45, 7) is 4.87. The fourth-order valence-corrected chi connectivity index (χ4v) is 2.36. The smallest absolute Gasteiger partial charge is 0.271 e. The minimum atomic E-state index is -0.511. The van der Waals surface area contributed by atoms with E-state index in [-0.39, 0.29) is 5.69 Å². The molecule has 0 radical (unpaired) electrons. The van der Waals surface area contributed by atoms with Gasteiger partial charge in [-0.15, -0.1) is 0 Å². The van der Waals surface area contributed by atoms with Gasteiger partial charge in [-0.2, -0.15) is 0 Å². The van der Waals surface area contributed by atoms with Crippen molar-refractivity contribution >= 4 is 23.4 Å². The van der Waals surface area contributed by atoms with Crippen molar-refractivity contribution < 1.29 is 19.2 Å². The molecule has 148 valence electrons. The first-order valence-electron chi connectivity index (χ1n) is 8.93. The maximum Gasteiger partial charge on any atom is 0.271 e. The molecule has 0 saturated carbocycles. The Morgan fingerprint density at radius 3 is 2.68 bits per heavy atom. The van der Waals surface area contributed by atoms with Crippen LogP contribution in [-0.4, -0.2) is 24.5 Å². The van der Waals surface area contributed by atoms with Crippen LogP contribution in [0, 0.1) is 16.0 Å². The average molecular weight is 384 g/mol. The van der Waals surface area contributed by atoms with Crippen LogP contribution in [0.25, 0.3) is 6.08 Å². The van der Waals surface area contributed by atoms with Gasteiger partial charge in [-0.05, 0) is 42.2 Å². The van der Waals surface area contributed by atoms with Crippen molar-refractivity contribution in [2.45, 2.75) is 20.3 Å². The van der Waals surface area contributed by atoms with Gasteiger partial charge in [0.05, 0.1) is 18.6 Å². The number of nitrogens with one attached hydrogen (secondary N) is 1. The number of amides is 1. The Morgan fingerprint density at radius 2 is 2.00 bits per heavy atom. The van der Waals surface area contributed by atoms with Crippen molar-refractivity contribution in [1.82, 2.24) is 0 Å². The highest BCUT2D eigenvalue weighted by Crippen LogP contribution is 2.29. The largest absolute Gasteiger partial charge is 0.493 e. The maximum absolute atomic E-state index is 12.1. The van der Waals surface area contributed by atoms with Gasteiger partial charge >= 0.3 is 0 Å². The molecule has 0 aliphatic carbocycles. The van der Waals surface area contributed by atoms with E-state index in [1.807, 2.05) is 6.07 Å². The van der Waals surface area contributed by atoms with Crippen LogP contribution in [0.2, 0.25) is 0 Å². The molecule has 0 heterocycles. The molecule has 28 heavy (non-hydrogen) atoms. The van der Waals surface area contributed by atoms with Crippen molar-refractivity contribution in [3.63, 3.8) is 0 Å². The second-order valence-electron chi connectivity index (χ2n) is 6.57. The molecule has 2 aromatic carbocycles. The number of ether oxygens (including phenoxy) is 2.